The zero-order valence-corrected chi connectivity index (χ0v) is 11.6. The molecule has 1 aliphatic rings. The Morgan fingerprint density at radius 3 is 2.61 bits per heavy atom. The van der Waals surface area contributed by atoms with Crippen LogP contribution in [-0.2, 0) is 9.59 Å². The largest absolute Gasteiger partial charge is 0.354 e. The van der Waals surface area contributed by atoms with Gasteiger partial charge in [0, 0.05) is 12.5 Å². The molecule has 1 atom stereocenters. The van der Waals surface area contributed by atoms with E-state index in [9.17, 15) is 9.59 Å². The minimum Gasteiger partial charge on any atom is -0.354 e. The maximum atomic E-state index is 12.2. The van der Waals surface area contributed by atoms with E-state index in [4.69, 9.17) is 0 Å². The van der Waals surface area contributed by atoms with Crippen molar-refractivity contribution in [2.75, 3.05) is 6.54 Å². The van der Waals surface area contributed by atoms with Crippen LogP contribution in [0, 0.1) is 5.92 Å². The van der Waals surface area contributed by atoms with Crippen LogP contribution in [-0.4, -0.2) is 24.4 Å². The van der Waals surface area contributed by atoms with Gasteiger partial charge in [0.05, 0.1) is 0 Å². The van der Waals surface area contributed by atoms with Crippen LogP contribution in [0.4, 0.5) is 0 Å². The molecule has 4 nitrogen and oxygen atoms in total. The van der Waals surface area contributed by atoms with Crippen LogP contribution in [0.5, 0.6) is 0 Å². The van der Waals surface area contributed by atoms with Crippen molar-refractivity contribution in [3.63, 3.8) is 0 Å². The van der Waals surface area contributed by atoms with E-state index in [1.165, 1.54) is 0 Å². The number of carbonyl (C=O) groups is 2. The molecular formula is C14H26N2O2. The Hall–Kier alpha value is -1.06. The van der Waals surface area contributed by atoms with Crippen molar-refractivity contribution >= 4 is 11.8 Å². The third-order valence-electron chi connectivity index (χ3n) is 3.50. The van der Waals surface area contributed by atoms with Gasteiger partial charge in [0.1, 0.15) is 6.04 Å². The molecule has 1 heterocycles. The van der Waals surface area contributed by atoms with Crippen LogP contribution in [0.3, 0.4) is 0 Å². The van der Waals surface area contributed by atoms with Gasteiger partial charge in [-0.05, 0) is 32.1 Å². The van der Waals surface area contributed by atoms with Crippen molar-refractivity contribution in [2.45, 2.75) is 64.8 Å². The molecule has 0 aromatic heterocycles. The zero-order valence-electron chi connectivity index (χ0n) is 11.6. The van der Waals surface area contributed by atoms with E-state index < -0.39 is 0 Å². The van der Waals surface area contributed by atoms with Gasteiger partial charge in [-0.2, -0.15) is 0 Å². The Kier molecular flexibility index (Phi) is 6.76. The summed E-state index contributed by atoms with van der Waals surface area (Å²) in [5.74, 6) is 0.101. The molecule has 0 aromatic carbocycles. The molecule has 2 N–H and O–H groups in total. The van der Waals surface area contributed by atoms with Crippen molar-refractivity contribution in [3.8, 4) is 0 Å². The summed E-state index contributed by atoms with van der Waals surface area (Å²) < 4.78 is 0. The van der Waals surface area contributed by atoms with Gasteiger partial charge in [-0.25, -0.2) is 0 Å². The van der Waals surface area contributed by atoms with Crippen LogP contribution < -0.4 is 10.6 Å². The first-order chi connectivity index (χ1) is 8.69. The van der Waals surface area contributed by atoms with Gasteiger partial charge in [-0.3, -0.25) is 9.59 Å². The second-order valence-corrected chi connectivity index (χ2v) is 5.12. The average molecular weight is 254 g/mol. The monoisotopic (exact) mass is 254 g/mol. The fraction of sp³-hybridized carbons (Fsp3) is 0.857. The Balaban J connectivity index is 2.51. The molecule has 0 aromatic rings. The van der Waals surface area contributed by atoms with Crippen LogP contribution in [0.25, 0.3) is 0 Å². The van der Waals surface area contributed by atoms with E-state index >= 15 is 0 Å². The van der Waals surface area contributed by atoms with Gasteiger partial charge in [-0.15, -0.1) is 0 Å². The lowest BCUT2D eigenvalue weighted by atomic mass is 9.96. The Bertz CT molecular complexity index is 273. The molecular weight excluding hydrogens is 228 g/mol. The summed E-state index contributed by atoms with van der Waals surface area (Å²) in [5.41, 5.74) is 0. The molecule has 0 radical (unpaired) electrons. The molecule has 4 heteroatoms. The number of hydrogen-bond acceptors (Lipinski definition) is 2. The molecule has 2 amide bonds. The summed E-state index contributed by atoms with van der Waals surface area (Å²) in [5, 5.41) is 5.78. The van der Waals surface area contributed by atoms with E-state index in [1.807, 2.05) is 0 Å². The average Bonchev–Trinajstić information content (AvgIpc) is 2.55. The Morgan fingerprint density at radius 2 is 2.00 bits per heavy atom. The van der Waals surface area contributed by atoms with Crippen LogP contribution in [0.1, 0.15) is 58.8 Å². The molecule has 1 aliphatic heterocycles. The summed E-state index contributed by atoms with van der Waals surface area (Å²) in [6, 6.07) is -0.323. The Morgan fingerprint density at radius 1 is 1.33 bits per heavy atom. The second kappa shape index (κ2) is 8.11. The highest BCUT2D eigenvalue weighted by molar-refractivity contribution is 5.88. The molecule has 0 bridgehead atoms. The smallest absolute Gasteiger partial charge is 0.242 e. The van der Waals surface area contributed by atoms with E-state index in [-0.39, 0.29) is 23.8 Å². The molecule has 104 valence electrons. The molecule has 0 spiro atoms. The highest BCUT2D eigenvalue weighted by atomic mass is 16.2. The second-order valence-electron chi connectivity index (χ2n) is 5.12. The maximum Gasteiger partial charge on any atom is 0.242 e. The summed E-state index contributed by atoms with van der Waals surface area (Å²) in [7, 11) is 0. The third-order valence-corrected chi connectivity index (χ3v) is 3.50. The van der Waals surface area contributed by atoms with Gasteiger partial charge in [0.25, 0.3) is 0 Å². The molecule has 18 heavy (non-hydrogen) atoms. The van der Waals surface area contributed by atoms with Gasteiger partial charge in [0.2, 0.25) is 11.8 Å². The predicted octanol–water partition coefficient (Wildman–Crippen LogP) is 1.99. The van der Waals surface area contributed by atoms with Crippen molar-refractivity contribution in [2.24, 2.45) is 5.92 Å². The highest BCUT2D eigenvalue weighted by Crippen LogP contribution is 2.15. The zero-order chi connectivity index (χ0) is 13.4. The highest BCUT2D eigenvalue weighted by Gasteiger charge is 2.25. The van der Waals surface area contributed by atoms with Crippen molar-refractivity contribution in [3.05, 3.63) is 0 Å². The van der Waals surface area contributed by atoms with Gasteiger partial charge < -0.3 is 10.6 Å². The molecule has 1 fully saturated rings. The van der Waals surface area contributed by atoms with Crippen molar-refractivity contribution in [1.82, 2.24) is 10.6 Å². The summed E-state index contributed by atoms with van der Waals surface area (Å²) in [4.78, 5) is 23.9. The van der Waals surface area contributed by atoms with E-state index in [1.54, 1.807) is 0 Å². The number of amides is 2. The minimum absolute atomic E-state index is 0.0207. The fourth-order valence-corrected chi connectivity index (χ4v) is 2.47. The first-order valence-corrected chi connectivity index (χ1v) is 7.27. The molecule has 0 aliphatic carbocycles. The van der Waals surface area contributed by atoms with E-state index in [0.29, 0.717) is 0 Å². The number of hydrogen-bond donors (Lipinski definition) is 2. The van der Waals surface area contributed by atoms with Crippen molar-refractivity contribution < 1.29 is 9.59 Å². The fourth-order valence-electron chi connectivity index (χ4n) is 2.47. The van der Waals surface area contributed by atoms with Gasteiger partial charge >= 0.3 is 0 Å². The first kappa shape index (κ1) is 15.0. The summed E-state index contributed by atoms with van der Waals surface area (Å²) in [6.07, 6.45) is 6.61. The molecule has 1 saturated heterocycles. The van der Waals surface area contributed by atoms with Gasteiger partial charge in [-0.1, -0.05) is 26.7 Å². The lowest BCUT2D eigenvalue weighted by Gasteiger charge is -2.20. The van der Waals surface area contributed by atoms with Crippen molar-refractivity contribution in [1.29, 1.82) is 0 Å². The lowest BCUT2D eigenvalue weighted by Crippen LogP contribution is -2.47. The quantitative estimate of drug-likeness (QED) is 0.761. The van der Waals surface area contributed by atoms with E-state index in [2.05, 4.69) is 24.5 Å². The van der Waals surface area contributed by atoms with Crippen LogP contribution in [0.15, 0.2) is 0 Å². The van der Waals surface area contributed by atoms with Crippen LogP contribution in [0.2, 0.25) is 0 Å². The third kappa shape index (κ3) is 4.67. The predicted molar refractivity (Wildman–Crippen MR) is 72.1 cm³/mol. The summed E-state index contributed by atoms with van der Waals surface area (Å²) >= 11 is 0. The van der Waals surface area contributed by atoms with Crippen LogP contribution >= 0.6 is 0 Å². The maximum absolute atomic E-state index is 12.2. The Labute approximate surface area is 110 Å². The number of carbonyl (C=O) groups excluding carboxylic acids is 2. The minimum atomic E-state index is -0.323. The molecule has 0 unspecified atom stereocenters. The topological polar surface area (TPSA) is 58.2 Å². The SMILES string of the molecule is CCCC(CCC)C(=O)N[C@H]1CCCCNC1=O. The normalized spacial score (nSPS) is 20.4. The molecule has 0 saturated carbocycles. The molecule has 1 rings (SSSR count). The first-order valence-electron chi connectivity index (χ1n) is 7.27. The number of nitrogens with one attached hydrogen (secondary N) is 2. The van der Waals surface area contributed by atoms with Gasteiger partial charge in [0.15, 0.2) is 0 Å². The lowest BCUT2D eigenvalue weighted by molar-refractivity contribution is -0.131. The number of rotatable bonds is 6. The standard InChI is InChI=1S/C14H26N2O2/c1-3-7-11(8-4-2)13(17)16-12-9-5-6-10-15-14(12)18/h11-12H,3-10H2,1-2H3,(H,15,18)(H,16,17)/t12-/m0/s1. The van der Waals surface area contributed by atoms with E-state index in [0.717, 1.165) is 51.5 Å². The summed E-state index contributed by atoms with van der Waals surface area (Å²) in [6.45, 7) is 4.92.